The molecule has 1 saturated carbocycles. The number of fused-ring (bicyclic) bond motifs is 2. The Labute approximate surface area is 231 Å². The molecular formula is C27H35N7O6. The first kappa shape index (κ1) is 27.7. The van der Waals surface area contributed by atoms with Crippen molar-refractivity contribution in [2.24, 2.45) is 5.41 Å². The maximum Gasteiger partial charge on any atom is 0.407 e. The number of carbonyl (C=O) groups is 2. The van der Waals surface area contributed by atoms with Gasteiger partial charge in [-0.05, 0) is 25.3 Å². The van der Waals surface area contributed by atoms with Crippen molar-refractivity contribution < 1.29 is 29.3 Å². The smallest absolute Gasteiger partial charge is 0.407 e. The van der Waals surface area contributed by atoms with E-state index in [-0.39, 0.29) is 6.61 Å². The van der Waals surface area contributed by atoms with Gasteiger partial charge in [0.25, 0.3) is 5.91 Å². The summed E-state index contributed by atoms with van der Waals surface area (Å²) in [4.78, 5) is 37.6. The van der Waals surface area contributed by atoms with E-state index in [0.29, 0.717) is 43.0 Å². The number of unbranched alkanes of at least 4 members (excludes halogenated alkanes) is 1. The van der Waals surface area contributed by atoms with Crippen molar-refractivity contribution in [2.45, 2.75) is 63.8 Å². The Balaban J connectivity index is 1.17. The van der Waals surface area contributed by atoms with E-state index in [2.05, 4.69) is 30.9 Å². The summed E-state index contributed by atoms with van der Waals surface area (Å²) in [5, 5.41) is 31.6. The number of amides is 2. The third-order valence-electron chi connectivity index (χ3n) is 8.00. The van der Waals surface area contributed by atoms with E-state index in [1.165, 1.54) is 17.2 Å². The van der Waals surface area contributed by atoms with E-state index in [1.54, 1.807) is 20.8 Å². The first-order valence-corrected chi connectivity index (χ1v) is 13.4. The fourth-order valence-electron chi connectivity index (χ4n) is 5.61. The highest BCUT2D eigenvalue weighted by atomic mass is 16.6. The lowest BCUT2D eigenvalue weighted by Gasteiger charge is -2.27. The Kier molecular flexibility index (Phi) is 7.38. The largest absolute Gasteiger partial charge is 0.445 e. The van der Waals surface area contributed by atoms with Gasteiger partial charge < -0.3 is 35.6 Å². The molecule has 0 unspecified atom stereocenters. The van der Waals surface area contributed by atoms with Gasteiger partial charge in [-0.3, -0.25) is 9.36 Å². The Morgan fingerprint density at radius 2 is 1.80 bits per heavy atom. The first-order chi connectivity index (χ1) is 19.2. The minimum absolute atomic E-state index is 0.220. The van der Waals surface area contributed by atoms with Crippen LogP contribution in [-0.4, -0.2) is 78.7 Å². The summed E-state index contributed by atoms with van der Waals surface area (Å²) >= 11 is 0. The SMILES string of the molecule is CCNC(=O)[C@H]1O[C@@H](n2cnc3c(NCCCCNC(=O)OCc4ccccc4)ncnc32)[C@@]2(O)C(C)(C)[C@@]12O. The third-order valence-corrected chi connectivity index (χ3v) is 8.00. The van der Waals surface area contributed by atoms with Crippen LogP contribution in [0.5, 0.6) is 0 Å². The minimum atomic E-state index is -1.77. The number of aliphatic hydroxyl groups is 2. The number of ether oxygens (including phenoxy) is 2. The number of nitrogens with one attached hydrogen (secondary N) is 3. The zero-order valence-electron chi connectivity index (χ0n) is 22.8. The number of rotatable bonds is 11. The lowest BCUT2D eigenvalue weighted by atomic mass is 10.0. The average Bonchev–Trinajstić information content (AvgIpc) is 3.30. The number of imidazole rings is 1. The van der Waals surface area contributed by atoms with Gasteiger partial charge in [0.1, 0.15) is 24.1 Å². The Morgan fingerprint density at radius 3 is 2.55 bits per heavy atom. The van der Waals surface area contributed by atoms with Crippen molar-refractivity contribution >= 4 is 29.0 Å². The number of aromatic nitrogens is 4. The molecule has 1 saturated heterocycles. The van der Waals surface area contributed by atoms with E-state index in [1.807, 2.05) is 30.3 Å². The molecule has 2 aromatic heterocycles. The maximum absolute atomic E-state index is 12.7. The third kappa shape index (κ3) is 4.34. The van der Waals surface area contributed by atoms with E-state index < -0.39 is 40.9 Å². The topological polar surface area (TPSA) is 173 Å². The molecule has 4 atom stereocenters. The molecule has 1 aliphatic carbocycles. The van der Waals surface area contributed by atoms with Crippen molar-refractivity contribution in [3.63, 3.8) is 0 Å². The van der Waals surface area contributed by atoms with Gasteiger partial charge in [-0.15, -0.1) is 0 Å². The van der Waals surface area contributed by atoms with Crippen LogP contribution in [0.25, 0.3) is 11.2 Å². The summed E-state index contributed by atoms with van der Waals surface area (Å²) in [6.07, 6.45) is 1.50. The van der Waals surface area contributed by atoms with Crippen LogP contribution < -0.4 is 16.0 Å². The molecule has 0 radical (unpaired) electrons. The van der Waals surface area contributed by atoms with Crippen LogP contribution in [-0.2, 0) is 20.9 Å². The van der Waals surface area contributed by atoms with Crippen molar-refractivity contribution in [2.75, 3.05) is 25.0 Å². The molecular weight excluding hydrogens is 518 g/mol. The molecule has 1 aromatic carbocycles. The number of carbonyl (C=O) groups excluding carboxylic acids is 2. The fourth-order valence-corrected chi connectivity index (χ4v) is 5.61. The quantitative estimate of drug-likeness (QED) is 0.219. The molecule has 214 valence electrons. The predicted octanol–water partition coefficient (Wildman–Crippen LogP) is 1.48. The second-order valence-corrected chi connectivity index (χ2v) is 10.6. The molecule has 5 N–H and O–H groups in total. The van der Waals surface area contributed by atoms with E-state index in [0.717, 1.165) is 12.0 Å². The van der Waals surface area contributed by atoms with Gasteiger partial charge in [0.15, 0.2) is 29.3 Å². The first-order valence-electron chi connectivity index (χ1n) is 13.4. The highest BCUT2D eigenvalue weighted by Crippen LogP contribution is 2.75. The fraction of sp³-hybridized carbons (Fsp3) is 0.519. The number of nitrogens with zero attached hydrogens (tertiary/aromatic N) is 4. The van der Waals surface area contributed by atoms with E-state index in [9.17, 15) is 19.8 Å². The summed E-state index contributed by atoms with van der Waals surface area (Å²) in [6.45, 7) is 6.79. The standard InChI is InChI=1S/C27H35N7O6/c1-4-28-22(35)19-26(37)25(2,3)27(26,38)23(40-19)34-16-33-18-20(31-15-32-21(18)34)29-12-8-9-13-30-24(36)39-14-17-10-6-5-7-11-17/h5-7,10-11,15-16,19,23,37-38H,4,8-9,12-14H2,1-3H3,(H,28,35)(H,30,36)(H,29,31,32)/t19-,23-,26+,27-/m1/s1. The second-order valence-electron chi connectivity index (χ2n) is 10.6. The van der Waals surface area contributed by atoms with Crippen molar-refractivity contribution in [3.8, 4) is 0 Å². The van der Waals surface area contributed by atoms with Gasteiger partial charge in [0.2, 0.25) is 0 Å². The summed E-state index contributed by atoms with van der Waals surface area (Å²) in [7, 11) is 0. The molecule has 0 bridgehead atoms. The van der Waals surface area contributed by atoms with Gasteiger partial charge in [-0.25, -0.2) is 19.7 Å². The van der Waals surface area contributed by atoms with E-state index >= 15 is 0 Å². The van der Waals surface area contributed by atoms with Gasteiger partial charge in [0, 0.05) is 25.0 Å². The summed E-state index contributed by atoms with van der Waals surface area (Å²) < 4.78 is 12.7. The van der Waals surface area contributed by atoms with Gasteiger partial charge in [-0.2, -0.15) is 0 Å². The number of alkyl carbamates (subject to hydrolysis) is 1. The molecule has 3 aromatic rings. The molecule has 13 heteroatoms. The van der Waals surface area contributed by atoms with Crippen LogP contribution in [0, 0.1) is 5.41 Å². The second kappa shape index (κ2) is 10.6. The molecule has 40 heavy (non-hydrogen) atoms. The number of hydrogen-bond acceptors (Lipinski definition) is 10. The number of likely N-dealkylation sites (N-methyl/N-ethyl adjacent to an activating group) is 1. The van der Waals surface area contributed by atoms with Crippen molar-refractivity contribution in [1.82, 2.24) is 30.2 Å². The van der Waals surface area contributed by atoms with E-state index in [4.69, 9.17) is 9.47 Å². The molecule has 1 aliphatic heterocycles. The number of anilines is 1. The number of hydrogen-bond donors (Lipinski definition) is 5. The van der Waals surface area contributed by atoms with Crippen LogP contribution in [0.4, 0.5) is 10.6 Å². The van der Waals surface area contributed by atoms with Crippen LogP contribution >= 0.6 is 0 Å². The van der Waals surface area contributed by atoms with Gasteiger partial charge in [-0.1, -0.05) is 44.2 Å². The van der Waals surface area contributed by atoms with Crippen LogP contribution in [0.1, 0.15) is 45.4 Å². The molecule has 0 spiro atoms. The molecule has 2 aliphatic rings. The van der Waals surface area contributed by atoms with Gasteiger partial charge >= 0.3 is 6.09 Å². The molecule has 3 heterocycles. The van der Waals surface area contributed by atoms with Crippen LogP contribution in [0.2, 0.25) is 0 Å². The maximum atomic E-state index is 12.7. The lowest BCUT2D eigenvalue weighted by molar-refractivity contribution is -0.151. The van der Waals surface area contributed by atoms with Crippen molar-refractivity contribution in [1.29, 1.82) is 0 Å². The highest BCUT2D eigenvalue weighted by molar-refractivity contribution is 5.86. The average molecular weight is 554 g/mol. The van der Waals surface area contributed by atoms with Crippen LogP contribution in [0.3, 0.4) is 0 Å². The summed E-state index contributed by atoms with van der Waals surface area (Å²) in [6, 6.07) is 9.47. The highest BCUT2D eigenvalue weighted by Gasteiger charge is 2.93. The van der Waals surface area contributed by atoms with Gasteiger partial charge in [0.05, 0.1) is 6.33 Å². The normalized spacial score (nSPS) is 26.2. The Morgan fingerprint density at radius 1 is 1.05 bits per heavy atom. The Bertz CT molecular complexity index is 1380. The minimum Gasteiger partial charge on any atom is -0.445 e. The van der Waals surface area contributed by atoms with Crippen LogP contribution in [0.15, 0.2) is 43.0 Å². The monoisotopic (exact) mass is 553 g/mol. The lowest BCUT2D eigenvalue weighted by Crippen LogP contribution is -2.46. The molecule has 13 nitrogen and oxygen atoms in total. The number of benzene rings is 1. The van der Waals surface area contributed by atoms with Crippen molar-refractivity contribution in [3.05, 3.63) is 48.5 Å². The molecule has 2 amide bonds. The Hall–Kier alpha value is -3.81. The zero-order chi connectivity index (χ0) is 28.5. The molecule has 2 fully saturated rings. The summed E-state index contributed by atoms with van der Waals surface area (Å²) in [5.74, 6) is 0.00594. The molecule has 5 rings (SSSR count). The summed E-state index contributed by atoms with van der Waals surface area (Å²) in [5.41, 5.74) is -2.73. The predicted molar refractivity (Wildman–Crippen MR) is 144 cm³/mol. The zero-order valence-corrected chi connectivity index (χ0v) is 22.8.